The number of nitrogens with one attached hydrogen (secondary N) is 1. The number of aliphatic hydroxyl groups is 1. The Hall–Kier alpha value is -3.09. The summed E-state index contributed by atoms with van der Waals surface area (Å²) in [6, 6.07) is 3.64. The van der Waals surface area contributed by atoms with Crippen LogP contribution < -0.4 is 5.32 Å². The number of carbonyl (C=O) groups excluding carboxylic acids is 1. The molecule has 0 unspecified atom stereocenters. The van der Waals surface area contributed by atoms with Gasteiger partial charge in [-0.15, -0.1) is 0 Å². The van der Waals surface area contributed by atoms with E-state index in [0.717, 1.165) is 34.1 Å². The summed E-state index contributed by atoms with van der Waals surface area (Å²) in [5, 5.41) is 33.4. The van der Waals surface area contributed by atoms with E-state index in [-0.39, 0.29) is 55.3 Å². The van der Waals surface area contributed by atoms with Crippen LogP contribution in [0.15, 0.2) is 53.5 Å². The fraction of sp³-hybridized carbons (Fsp3) is 0.500. The Morgan fingerprint density at radius 1 is 1.19 bits per heavy atom. The number of carboxylic acids is 1. The summed E-state index contributed by atoms with van der Waals surface area (Å²) >= 11 is 0. The van der Waals surface area contributed by atoms with E-state index < -0.39 is 39.0 Å². The minimum atomic E-state index is -4.12. The van der Waals surface area contributed by atoms with Gasteiger partial charge in [-0.3, -0.25) is 19.7 Å². The first kappa shape index (κ1) is 30.9. The number of amides is 1. The third kappa shape index (κ3) is 10.3. The van der Waals surface area contributed by atoms with Crippen molar-refractivity contribution in [3.05, 3.63) is 58.7 Å². The van der Waals surface area contributed by atoms with Gasteiger partial charge in [0.2, 0.25) is 15.9 Å². The molecule has 0 spiro atoms. The van der Waals surface area contributed by atoms with E-state index in [4.69, 9.17) is 5.11 Å². The van der Waals surface area contributed by atoms with Crippen LogP contribution in [0.4, 0.5) is 5.69 Å². The average molecular weight is 526 g/mol. The van der Waals surface area contributed by atoms with Crippen LogP contribution in [-0.2, 0) is 19.6 Å². The molecule has 3 N–H and O–H groups in total. The summed E-state index contributed by atoms with van der Waals surface area (Å²) in [4.78, 5) is 33.3. The lowest BCUT2D eigenvalue weighted by atomic mass is 10.0. The molecule has 0 radical (unpaired) electrons. The average Bonchev–Trinajstić information content (AvgIpc) is 2.77. The number of carboxylic acid groups (broad SMARTS) is 1. The number of non-ortho nitro benzene ring substituents is 1. The van der Waals surface area contributed by atoms with Crippen molar-refractivity contribution >= 4 is 27.6 Å². The Labute approximate surface area is 211 Å². The predicted molar refractivity (Wildman–Crippen MR) is 135 cm³/mol. The van der Waals surface area contributed by atoms with Gasteiger partial charge in [0.05, 0.1) is 22.0 Å². The van der Waals surface area contributed by atoms with Crippen LogP contribution in [0.1, 0.15) is 46.5 Å². The number of rotatable bonds is 16. The van der Waals surface area contributed by atoms with Crippen molar-refractivity contribution in [3.8, 4) is 0 Å². The van der Waals surface area contributed by atoms with Crippen molar-refractivity contribution in [1.29, 1.82) is 0 Å². The fourth-order valence-electron chi connectivity index (χ4n) is 3.48. The molecule has 1 aromatic rings. The van der Waals surface area contributed by atoms with Gasteiger partial charge in [0.25, 0.3) is 5.69 Å². The molecular formula is C24H35N3O8S. The fourth-order valence-corrected chi connectivity index (χ4v) is 5.10. The molecule has 200 valence electrons. The van der Waals surface area contributed by atoms with E-state index >= 15 is 0 Å². The van der Waals surface area contributed by atoms with Gasteiger partial charge in [0.1, 0.15) is 0 Å². The zero-order valence-corrected chi connectivity index (χ0v) is 21.6. The van der Waals surface area contributed by atoms with Crippen molar-refractivity contribution < 1.29 is 33.1 Å². The molecule has 0 aliphatic rings. The molecule has 2 atom stereocenters. The van der Waals surface area contributed by atoms with Crippen molar-refractivity contribution in [1.82, 2.24) is 9.62 Å². The summed E-state index contributed by atoms with van der Waals surface area (Å²) < 4.78 is 27.8. The minimum Gasteiger partial charge on any atom is -0.481 e. The Bertz CT molecular complexity index is 1050. The van der Waals surface area contributed by atoms with Gasteiger partial charge < -0.3 is 15.5 Å². The number of sulfonamides is 1. The van der Waals surface area contributed by atoms with E-state index in [1.54, 1.807) is 19.1 Å². The van der Waals surface area contributed by atoms with Crippen LogP contribution in [0.5, 0.6) is 0 Å². The van der Waals surface area contributed by atoms with Gasteiger partial charge in [-0.1, -0.05) is 38.2 Å². The number of benzene rings is 1. The minimum absolute atomic E-state index is 0.0590. The highest BCUT2D eigenvalue weighted by Gasteiger charge is 2.31. The largest absolute Gasteiger partial charge is 0.481 e. The lowest BCUT2D eigenvalue weighted by Gasteiger charge is -2.31. The third-order valence-electron chi connectivity index (χ3n) is 5.19. The SMILES string of the molecule is C=C/C=C(\C)C[C@H](NC(=O)CCCC(=O)O)[C@H](O)CN(CC(C)C)S(=O)(=O)c1ccc([N+](=O)[O-])cc1. The van der Waals surface area contributed by atoms with Crippen molar-refractivity contribution in [2.75, 3.05) is 13.1 Å². The molecule has 0 aliphatic carbocycles. The molecule has 0 bridgehead atoms. The number of nitrogens with zero attached hydrogens (tertiary/aromatic N) is 2. The second-order valence-electron chi connectivity index (χ2n) is 8.91. The van der Waals surface area contributed by atoms with E-state index in [2.05, 4.69) is 11.9 Å². The van der Waals surface area contributed by atoms with Crippen LogP contribution in [0.2, 0.25) is 0 Å². The van der Waals surface area contributed by atoms with E-state index in [9.17, 15) is 33.2 Å². The summed E-state index contributed by atoms with van der Waals surface area (Å²) in [5.74, 6) is -1.58. The quantitative estimate of drug-likeness (QED) is 0.168. The predicted octanol–water partition coefficient (Wildman–Crippen LogP) is 2.86. The molecule has 1 aromatic carbocycles. The molecule has 1 rings (SSSR count). The van der Waals surface area contributed by atoms with Gasteiger partial charge in [-0.25, -0.2) is 8.42 Å². The number of allylic oxidation sites excluding steroid dienone is 2. The van der Waals surface area contributed by atoms with Gasteiger partial charge in [-0.05, 0) is 37.8 Å². The van der Waals surface area contributed by atoms with Crippen molar-refractivity contribution in [2.24, 2.45) is 5.92 Å². The first-order valence-corrected chi connectivity index (χ1v) is 12.9. The summed E-state index contributed by atoms with van der Waals surface area (Å²) in [6.45, 7) is 8.75. The number of hydrogen-bond acceptors (Lipinski definition) is 7. The zero-order valence-electron chi connectivity index (χ0n) is 20.8. The summed E-state index contributed by atoms with van der Waals surface area (Å²) in [6.07, 6.45) is 2.06. The third-order valence-corrected chi connectivity index (χ3v) is 7.04. The van der Waals surface area contributed by atoms with Gasteiger partial charge >= 0.3 is 5.97 Å². The second-order valence-corrected chi connectivity index (χ2v) is 10.8. The van der Waals surface area contributed by atoms with Crippen molar-refractivity contribution in [2.45, 2.75) is 63.5 Å². The maximum atomic E-state index is 13.3. The molecule has 0 saturated heterocycles. The van der Waals surface area contributed by atoms with Gasteiger partial charge in [0.15, 0.2) is 0 Å². The normalized spacial score (nSPS) is 13.9. The van der Waals surface area contributed by atoms with Crippen LogP contribution in [0, 0.1) is 16.0 Å². The molecule has 11 nitrogen and oxygen atoms in total. The molecule has 0 saturated carbocycles. The van der Waals surface area contributed by atoms with E-state index in [1.807, 2.05) is 13.8 Å². The zero-order chi connectivity index (χ0) is 27.5. The molecular weight excluding hydrogens is 490 g/mol. The molecule has 0 heterocycles. The maximum absolute atomic E-state index is 13.3. The molecule has 36 heavy (non-hydrogen) atoms. The Morgan fingerprint density at radius 3 is 2.31 bits per heavy atom. The number of aliphatic carboxylic acids is 1. The van der Waals surface area contributed by atoms with Crippen LogP contribution >= 0.6 is 0 Å². The number of carbonyl (C=O) groups is 2. The highest BCUT2D eigenvalue weighted by molar-refractivity contribution is 7.89. The second kappa shape index (κ2) is 14.5. The smallest absolute Gasteiger partial charge is 0.303 e. The Balaban J connectivity index is 3.18. The number of nitro groups is 1. The van der Waals surface area contributed by atoms with E-state index in [1.165, 1.54) is 0 Å². The highest BCUT2D eigenvalue weighted by atomic mass is 32.2. The molecule has 0 fully saturated rings. The number of aliphatic hydroxyl groups excluding tert-OH is 1. The summed E-state index contributed by atoms with van der Waals surface area (Å²) in [5.41, 5.74) is 0.535. The topological polar surface area (TPSA) is 167 Å². The van der Waals surface area contributed by atoms with Crippen LogP contribution in [0.3, 0.4) is 0 Å². The molecule has 0 aliphatic heterocycles. The molecule has 1 amide bonds. The van der Waals surface area contributed by atoms with E-state index in [0.29, 0.717) is 0 Å². The molecule has 0 aromatic heterocycles. The maximum Gasteiger partial charge on any atom is 0.303 e. The Kier molecular flexibility index (Phi) is 12.4. The number of hydrogen-bond donors (Lipinski definition) is 3. The van der Waals surface area contributed by atoms with Gasteiger partial charge in [0, 0.05) is 38.1 Å². The standard InChI is InChI=1S/C24H35N3O8S/c1-5-7-18(4)14-21(25-23(29)8-6-9-24(30)31)22(28)16-26(15-17(2)3)36(34,35)20-12-10-19(11-13-20)27(32)33/h5,7,10-13,17,21-22,28H,1,6,8-9,14-16H2,2-4H3,(H,25,29)(H,30,31)/b18-7+/t21-,22+/m0/s1. The summed E-state index contributed by atoms with van der Waals surface area (Å²) in [7, 11) is -4.12. The first-order chi connectivity index (χ1) is 16.8. The lowest BCUT2D eigenvalue weighted by Crippen LogP contribution is -2.50. The van der Waals surface area contributed by atoms with Crippen LogP contribution in [0.25, 0.3) is 0 Å². The van der Waals surface area contributed by atoms with Crippen molar-refractivity contribution in [3.63, 3.8) is 0 Å². The molecule has 12 heteroatoms. The first-order valence-electron chi connectivity index (χ1n) is 11.5. The lowest BCUT2D eigenvalue weighted by molar-refractivity contribution is -0.384. The number of nitro benzene ring substituents is 1. The highest BCUT2D eigenvalue weighted by Crippen LogP contribution is 2.22. The monoisotopic (exact) mass is 525 g/mol. The Morgan fingerprint density at radius 2 is 1.81 bits per heavy atom. The van der Waals surface area contributed by atoms with Gasteiger partial charge in [-0.2, -0.15) is 4.31 Å². The van der Waals surface area contributed by atoms with Crippen LogP contribution in [-0.4, -0.2) is 65.0 Å².